The average Bonchev–Trinajstić information content (AvgIpc) is 2.25. The van der Waals surface area contributed by atoms with Gasteiger partial charge in [-0.2, -0.15) is 0 Å². The summed E-state index contributed by atoms with van der Waals surface area (Å²) < 4.78 is 0. The highest BCUT2D eigenvalue weighted by molar-refractivity contribution is 4.82. The van der Waals surface area contributed by atoms with Gasteiger partial charge in [0.15, 0.2) is 0 Å². The van der Waals surface area contributed by atoms with E-state index in [2.05, 4.69) is 69.2 Å². The Kier molecular flexibility index (Phi) is 7.32. The van der Waals surface area contributed by atoms with Crippen LogP contribution in [0.4, 0.5) is 0 Å². The zero-order valence-corrected chi connectivity index (χ0v) is 16.2. The molecule has 122 valence electrons. The normalized spacial score (nSPS) is 15.8. The van der Waals surface area contributed by atoms with E-state index in [-0.39, 0.29) is 0 Å². The highest BCUT2D eigenvalue weighted by atomic mass is 14.4. The van der Waals surface area contributed by atoms with E-state index in [0.717, 1.165) is 11.8 Å². The third-order valence-corrected chi connectivity index (χ3v) is 5.41. The van der Waals surface area contributed by atoms with Gasteiger partial charge in [0, 0.05) is 0 Å². The molecular formula is C20H42. The van der Waals surface area contributed by atoms with Crippen LogP contribution < -0.4 is 0 Å². The van der Waals surface area contributed by atoms with E-state index in [0.29, 0.717) is 16.2 Å². The second kappa shape index (κ2) is 7.32. The number of hydrogen-bond acceptors (Lipinski definition) is 0. The molecule has 0 saturated carbocycles. The van der Waals surface area contributed by atoms with Crippen LogP contribution in [0.1, 0.15) is 101 Å². The van der Waals surface area contributed by atoms with Gasteiger partial charge >= 0.3 is 0 Å². The average molecular weight is 283 g/mol. The largest absolute Gasteiger partial charge is 0.0649 e. The van der Waals surface area contributed by atoms with Crippen LogP contribution in [0.2, 0.25) is 0 Å². The molecule has 0 heterocycles. The second-order valence-electron chi connectivity index (χ2n) is 9.95. The monoisotopic (exact) mass is 282 g/mol. The van der Waals surface area contributed by atoms with Crippen LogP contribution in [-0.4, -0.2) is 0 Å². The van der Waals surface area contributed by atoms with Gasteiger partial charge in [-0.05, 0) is 53.8 Å². The lowest BCUT2D eigenvalue weighted by molar-refractivity contribution is 0.138. The summed E-state index contributed by atoms with van der Waals surface area (Å²) in [7, 11) is 0. The molecule has 0 aliphatic heterocycles. The van der Waals surface area contributed by atoms with Gasteiger partial charge < -0.3 is 0 Å². The van der Waals surface area contributed by atoms with E-state index in [1.807, 2.05) is 0 Å². The standard InChI is InChI=1S/C20H42/c1-11-18(5,6)15-20(9,10)13-12-19(7,8)14-17(4)16(2)3/h16-17H,11-15H2,1-10H3. The van der Waals surface area contributed by atoms with Crippen molar-refractivity contribution < 1.29 is 0 Å². The van der Waals surface area contributed by atoms with Gasteiger partial charge in [0.1, 0.15) is 0 Å². The summed E-state index contributed by atoms with van der Waals surface area (Å²) in [6.45, 7) is 24.1. The fourth-order valence-electron chi connectivity index (χ4n) is 3.40. The van der Waals surface area contributed by atoms with Crippen molar-refractivity contribution in [2.45, 2.75) is 101 Å². The Balaban J connectivity index is 4.43. The molecule has 0 spiro atoms. The van der Waals surface area contributed by atoms with Gasteiger partial charge in [0.05, 0.1) is 0 Å². The molecule has 0 saturated heterocycles. The number of hydrogen-bond donors (Lipinski definition) is 0. The van der Waals surface area contributed by atoms with Crippen LogP contribution in [0.5, 0.6) is 0 Å². The third-order valence-electron chi connectivity index (χ3n) is 5.41. The molecule has 1 atom stereocenters. The third kappa shape index (κ3) is 8.32. The Morgan fingerprint density at radius 3 is 1.55 bits per heavy atom. The summed E-state index contributed by atoms with van der Waals surface area (Å²) in [5.41, 5.74) is 1.44. The predicted octanol–water partition coefficient (Wildman–Crippen LogP) is 7.33. The van der Waals surface area contributed by atoms with Crippen LogP contribution in [0.3, 0.4) is 0 Å². The zero-order valence-electron chi connectivity index (χ0n) is 16.2. The molecule has 0 aromatic heterocycles. The Morgan fingerprint density at radius 2 is 1.15 bits per heavy atom. The van der Waals surface area contributed by atoms with Crippen molar-refractivity contribution in [1.82, 2.24) is 0 Å². The van der Waals surface area contributed by atoms with Gasteiger partial charge in [0.25, 0.3) is 0 Å². The molecule has 0 bridgehead atoms. The van der Waals surface area contributed by atoms with Crippen molar-refractivity contribution in [3.63, 3.8) is 0 Å². The lowest BCUT2D eigenvalue weighted by Crippen LogP contribution is -2.26. The molecule has 0 heteroatoms. The number of rotatable bonds is 9. The summed E-state index contributed by atoms with van der Waals surface area (Å²) in [6, 6.07) is 0. The fourth-order valence-corrected chi connectivity index (χ4v) is 3.40. The van der Waals surface area contributed by atoms with Crippen molar-refractivity contribution in [2.75, 3.05) is 0 Å². The van der Waals surface area contributed by atoms with Crippen LogP contribution >= 0.6 is 0 Å². The fraction of sp³-hybridized carbons (Fsp3) is 1.00. The molecule has 0 amide bonds. The molecule has 0 fully saturated rings. The Labute approximate surface area is 130 Å². The van der Waals surface area contributed by atoms with Gasteiger partial charge in [-0.25, -0.2) is 0 Å². The molecule has 20 heavy (non-hydrogen) atoms. The molecule has 0 aromatic carbocycles. The molecule has 0 rings (SSSR count). The molecular weight excluding hydrogens is 240 g/mol. The molecule has 0 radical (unpaired) electrons. The quantitative estimate of drug-likeness (QED) is 0.415. The maximum Gasteiger partial charge on any atom is -0.0349 e. The van der Waals surface area contributed by atoms with E-state index >= 15 is 0 Å². The smallest absolute Gasteiger partial charge is 0.0349 e. The van der Waals surface area contributed by atoms with Gasteiger partial charge in [-0.1, -0.05) is 75.7 Å². The second-order valence-corrected chi connectivity index (χ2v) is 9.95. The van der Waals surface area contributed by atoms with E-state index in [9.17, 15) is 0 Å². The van der Waals surface area contributed by atoms with Gasteiger partial charge in [-0.3, -0.25) is 0 Å². The maximum atomic E-state index is 2.47. The minimum atomic E-state index is 0.470. The molecule has 0 nitrogen and oxygen atoms in total. The Hall–Kier alpha value is 0. The first-order chi connectivity index (χ1) is 8.80. The van der Waals surface area contributed by atoms with Crippen molar-refractivity contribution in [3.8, 4) is 0 Å². The first-order valence-electron chi connectivity index (χ1n) is 8.80. The minimum absolute atomic E-state index is 0.470. The Morgan fingerprint density at radius 1 is 0.700 bits per heavy atom. The van der Waals surface area contributed by atoms with E-state index in [4.69, 9.17) is 0 Å². The zero-order chi connectivity index (χ0) is 16.2. The van der Waals surface area contributed by atoms with Gasteiger partial charge in [-0.15, -0.1) is 0 Å². The SMILES string of the molecule is CCC(C)(C)CC(C)(C)CCC(C)(C)CC(C)C(C)C. The van der Waals surface area contributed by atoms with Crippen LogP contribution in [0.15, 0.2) is 0 Å². The molecule has 0 aliphatic rings. The highest BCUT2D eigenvalue weighted by Gasteiger charge is 2.30. The first kappa shape index (κ1) is 20.0. The molecule has 0 N–H and O–H groups in total. The lowest BCUT2D eigenvalue weighted by atomic mass is 9.68. The van der Waals surface area contributed by atoms with Crippen molar-refractivity contribution in [3.05, 3.63) is 0 Å². The van der Waals surface area contributed by atoms with Crippen molar-refractivity contribution in [1.29, 1.82) is 0 Å². The summed E-state index contributed by atoms with van der Waals surface area (Å²) in [6.07, 6.45) is 6.69. The summed E-state index contributed by atoms with van der Waals surface area (Å²) in [4.78, 5) is 0. The van der Waals surface area contributed by atoms with E-state index in [1.54, 1.807) is 0 Å². The lowest BCUT2D eigenvalue weighted by Gasteiger charge is -2.38. The minimum Gasteiger partial charge on any atom is -0.0649 e. The molecule has 0 aliphatic carbocycles. The van der Waals surface area contributed by atoms with Crippen LogP contribution in [0, 0.1) is 28.1 Å². The van der Waals surface area contributed by atoms with E-state index < -0.39 is 0 Å². The van der Waals surface area contributed by atoms with Gasteiger partial charge in [0.2, 0.25) is 0 Å². The predicted molar refractivity (Wildman–Crippen MR) is 94.1 cm³/mol. The Bertz CT molecular complexity index is 268. The van der Waals surface area contributed by atoms with Crippen molar-refractivity contribution in [2.24, 2.45) is 28.1 Å². The first-order valence-corrected chi connectivity index (χ1v) is 8.80. The van der Waals surface area contributed by atoms with Crippen LogP contribution in [-0.2, 0) is 0 Å². The summed E-state index contributed by atoms with van der Waals surface area (Å²) in [5, 5.41) is 0. The maximum absolute atomic E-state index is 2.47. The van der Waals surface area contributed by atoms with E-state index in [1.165, 1.54) is 32.1 Å². The summed E-state index contributed by atoms with van der Waals surface area (Å²) >= 11 is 0. The summed E-state index contributed by atoms with van der Waals surface area (Å²) in [5.74, 6) is 1.64. The van der Waals surface area contributed by atoms with Crippen LogP contribution in [0.25, 0.3) is 0 Å². The van der Waals surface area contributed by atoms with Crippen molar-refractivity contribution >= 4 is 0 Å². The highest BCUT2D eigenvalue weighted by Crippen LogP contribution is 2.42. The topological polar surface area (TPSA) is 0 Å². The molecule has 0 aromatic rings. The molecule has 1 unspecified atom stereocenters.